The fourth-order valence-electron chi connectivity index (χ4n) is 4.52. The number of ether oxygens (including phenoxy) is 1. The number of thioether (sulfide) groups is 1. The van der Waals surface area contributed by atoms with Crippen LogP contribution in [0.2, 0.25) is 0 Å². The van der Waals surface area contributed by atoms with Crippen molar-refractivity contribution in [2.24, 2.45) is 5.92 Å². The number of nitrogens with zero attached hydrogens (tertiary/aromatic N) is 1. The fourth-order valence-corrected chi connectivity index (χ4v) is 4.93. The van der Waals surface area contributed by atoms with Crippen LogP contribution < -0.4 is 4.74 Å². The minimum Gasteiger partial charge on any atom is -0.486 e. The van der Waals surface area contributed by atoms with Crippen LogP contribution in [0.15, 0.2) is 47.4 Å². The molecule has 1 heterocycles. The van der Waals surface area contributed by atoms with E-state index in [1.807, 2.05) is 18.2 Å². The normalized spacial score (nSPS) is 20.1. The smallest absolute Gasteiger partial charge is 0.173 e. The molecule has 0 saturated heterocycles. The molecule has 1 fully saturated rings. The van der Waals surface area contributed by atoms with Gasteiger partial charge >= 0.3 is 0 Å². The van der Waals surface area contributed by atoms with E-state index in [0.717, 1.165) is 36.8 Å². The largest absolute Gasteiger partial charge is 0.486 e. The van der Waals surface area contributed by atoms with Gasteiger partial charge in [-0.05, 0) is 73.8 Å². The predicted molar refractivity (Wildman–Crippen MR) is 108 cm³/mol. The highest BCUT2D eigenvalue weighted by Crippen LogP contribution is 2.48. The van der Waals surface area contributed by atoms with Crippen LogP contribution in [-0.4, -0.2) is 17.6 Å². The van der Waals surface area contributed by atoms with Crippen LogP contribution in [0.3, 0.4) is 0 Å². The number of hydrogen-bond acceptors (Lipinski definition) is 4. The monoisotopic (exact) mass is 377 g/mol. The first kappa shape index (κ1) is 18.1. The zero-order valence-electron chi connectivity index (χ0n) is 15.5. The summed E-state index contributed by atoms with van der Waals surface area (Å²) < 4.78 is 6.53. The molecular weight excluding hydrogens is 354 g/mol. The second-order valence-electron chi connectivity index (χ2n) is 7.43. The third-order valence-electron chi connectivity index (χ3n) is 5.93. The highest BCUT2D eigenvalue weighted by atomic mass is 32.2. The van der Waals surface area contributed by atoms with Gasteiger partial charge in [-0.1, -0.05) is 18.2 Å². The van der Waals surface area contributed by atoms with Crippen LogP contribution in [-0.2, 0) is 0 Å². The van der Waals surface area contributed by atoms with Gasteiger partial charge in [-0.15, -0.1) is 11.8 Å². The molecule has 3 nitrogen and oxygen atoms in total. The number of hydrogen-bond donors (Lipinski definition) is 0. The van der Waals surface area contributed by atoms with Gasteiger partial charge in [0.15, 0.2) is 5.78 Å². The van der Waals surface area contributed by atoms with E-state index in [2.05, 4.69) is 36.6 Å². The van der Waals surface area contributed by atoms with Crippen LogP contribution >= 0.6 is 11.8 Å². The van der Waals surface area contributed by atoms with Crippen LogP contribution in [0.5, 0.6) is 5.75 Å². The summed E-state index contributed by atoms with van der Waals surface area (Å²) in [6.45, 7) is 0. The Labute approximate surface area is 164 Å². The highest BCUT2D eigenvalue weighted by Gasteiger charge is 2.50. The molecule has 0 bridgehead atoms. The van der Waals surface area contributed by atoms with Gasteiger partial charge in [-0.25, -0.2) is 0 Å². The molecular formula is C23H23NO2S. The lowest BCUT2D eigenvalue weighted by Gasteiger charge is -2.41. The van der Waals surface area contributed by atoms with Crippen molar-refractivity contribution in [2.75, 3.05) is 6.26 Å². The standard InChI is InChI=1S/C23H23NO2S/c1-27-18-9-6-16(7-10-18)17-8-11-19-21(15-17)26-23(12-2-3-13-23)20(22(19)25)5-4-14-24/h6-11,15,20H,2-5,12-13H2,1H3. The van der Waals surface area contributed by atoms with E-state index >= 15 is 0 Å². The van der Waals surface area contributed by atoms with Crippen molar-refractivity contribution in [2.45, 2.75) is 49.0 Å². The van der Waals surface area contributed by atoms with Gasteiger partial charge in [0, 0.05) is 11.3 Å². The van der Waals surface area contributed by atoms with Crippen LogP contribution in [0.25, 0.3) is 11.1 Å². The number of fused-ring (bicyclic) bond motifs is 1. The first-order chi connectivity index (χ1) is 13.2. The van der Waals surface area contributed by atoms with E-state index in [1.54, 1.807) is 11.8 Å². The minimum atomic E-state index is -0.414. The first-order valence-electron chi connectivity index (χ1n) is 9.55. The minimum absolute atomic E-state index is 0.151. The summed E-state index contributed by atoms with van der Waals surface area (Å²) in [6.07, 6.45) is 7.03. The van der Waals surface area contributed by atoms with Gasteiger partial charge in [0.2, 0.25) is 0 Å². The topological polar surface area (TPSA) is 50.1 Å². The summed E-state index contributed by atoms with van der Waals surface area (Å²) in [6, 6.07) is 16.6. The van der Waals surface area contributed by atoms with Crippen molar-refractivity contribution < 1.29 is 9.53 Å². The lowest BCUT2D eigenvalue weighted by molar-refractivity contribution is 0.00319. The van der Waals surface area contributed by atoms with Crippen molar-refractivity contribution in [3.05, 3.63) is 48.0 Å². The third kappa shape index (κ3) is 3.26. The Hall–Kier alpha value is -2.25. The zero-order valence-corrected chi connectivity index (χ0v) is 16.3. The first-order valence-corrected chi connectivity index (χ1v) is 10.8. The van der Waals surface area contributed by atoms with E-state index in [4.69, 9.17) is 10.00 Å². The molecule has 1 aliphatic heterocycles. The average Bonchev–Trinajstić information content (AvgIpc) is 3.16. The summed E-state index contributed by atoms with van der Waals surface area (Å²) in [7, 11) is 0. The number of benzene rings is 2. The second-order valence-corrected chi connectivity index (χ2v) is 8.31. The number of Topliss-reactive ketones (excluding diaryl/α,β-unsaturated/α-hetero) is 1. The Morgan fingerprint density at radius 1 is 1.15 bits per heavy atom. The van der Waals surface area contributed by atoms with Crippen molar-refractivity contribution in [1.29, 1.82) is 5.26 Å². The van der Waals surface area contributed by atoms with Gasteiger partial charge in [-0.3, -0.25) is 4.79 Å². The fraction of sp³-hybridized carbons (Fsp3) is 0.391. The summed E-state index contributed by atoms with van der Waals surface area (Å²) in [5.74, 6) is 0.665. The number of ketones is 1. The maximum Gasteiger partial charge on any atom is 0.173 e. The SMILES string of the molecule is CSc1ccc(-c2ccc3c(c2)OC2(CCCC2)C(CCC#N)C3=O)cc1. The van der Waals surface area contributed by atoms with E-state index < -0.39 is 5.60 Å². The van der Waals surface area contributed by atoms with Crippen molar-refractivity contribution in [3.8, 4) is 22.9 Å². The quantitative estimate of drug-likeness (QED) is 0.624. The lowest BCUT2D eigenvalue weighted by atomic mass is 9.75. The van der Waals surface area contributed by atoms with Crippen LogP contribution in [0, 0.1) is 17.2 Å². The maximum atomic E-state index is 13.2. The van der Waals surface area contributed by atoms with Crippen molar-refractivity contribution in [3.63, 3.8) is 0 Å². The highest BCUT2D eigenvalue weighted by molar-refractivity contribution is 7.98. The molecule has 1 unspecified atom stereocenters. The summed E-state index contributed by atoms with van der Waals surface area (Å²) in [5, 5.41) is 9.01. The van der Waals surface area contributed by atoms with E-state index in [1.165, 1.54) is 4.90 Å². The third-order valence-corrected chi connectivity index (χ3v) is 6.67. The average molecular weight is 378 g/mol. The molecule has 2 aliphatic rings. The Morgan fingerprint density at radius 3 is 2.52 bits per heavy atom. The van der Waals surface area contributed by atoms with Gasteiger partial charge in [0.25, 0.3) is 0 Å². The number of rotatable bonds is 4. The molecule has 1 aliphatic carbocycles. The molecule has 138 valence electrons. The Kier molecular flexibility index (Phi) is 4.97. The summed E-state index contributed by atoms with van der Waals surface area (Å²) >= 11 is 1.72. The Balaban J connectivity index is 1.71. The van der Waals surface area contributed by atoms with Crippen molar-refractivity contribution in [1.82, 2.24) is 0 Å². The zero-order chi connectivity index (χ0) is 18.9. The van der Waals surface area contributed by atoms with Gasteiger partial charge in [0.1, 0.15) is 11.4 Å². The lowest BCUT2D eigenvalue weighted by Crippen LogP contribution is -2.48. The molecule has 2 aromatic carbocycles. The number of carbonyl (C=O) groups excluding carboxylic acids is 1. The molecule has 4 rings (SSSR count). The van der Waals surface area contributed by atoms with Crippen LogP contribution in [0.1, 0.15) is 48.9 Å². The molecule has 27 heavy (non-hydrogen) atoms. The molecule has 1 atom stereocenters. The molecule has 1 saturated carbocycles. The van der Waals surface area contributed by atoms with Crippen LogP contribution in [0.4, 0.5) is 0 Å². The molecule has 0 radical (unpaired) electrons. The Morgan fingerprint density at radius 2 is 1.85 bits per heavy atom. The van der Waals surface area contributed by atoms with Gasteiger partial charge in [-0.2, -0.15) is 5.26 Å². The van der Waals surface area contributed by atoms with Gasteiger partial charge in [0.05, 0.1) is 17.6 Å². The van der Waals surface area contributed by atoms with E-state index in [0.29, 0.717) is 24.2 Å². The molecule has 0 N–H and O–H groups in total. The van der Waals surface area contributed by atoms with Gasteiger partial charge < -0.3 is 4.74 Å². The summed E-state index contributed by atoms with van der Waals surface area (Å²) in [4.78, 5) is 14.5. The molecule has 0 amide bonds. The predicted octanol–water partition coefficient (Wildman–Crippen LogP) is 5.88. The number of carbonyl (C=O) groups is 1. The van der Waals surface area contributed by atoms with E-state index in [9.17, 15) is 4.79 Å². The second kappa shape index (κ2) is 7.40. The summed E-state index contributed by atoms with van der Waals surface area (Å²) in [5.41, 5.74) is 2.44. The molecule has 0 aromatic heterocycles. The Bertz CT molecular complexity index is 892. The van der Waals surface area contributed by atoms with E-state index in [-0.39, 0.29) is 11.7 Å². The molecule has 1 spiro atoms. The number of nitriles is 1. The molecule has 4 heteroatoms. The van der Waals surface area contributed by atoms with Crippen molar-refractivity contribution >= 4 is 17.5 Å². The maximum absolute atomic E-state index is 13.2. The molecule has 2 aromatic rings.